The number of hydrogen-bond acceptors (Lipinski definition) is 4. The summed E-state index contributed by atoms with van der Waals surface area (Å²) in [6.07, 6.45) is 1.02. The maximum Gasteiger partial charge on any atom is 0.281 e. The summed E-state index contributed by atoms with van der Waals surface area (Å²) in [5.74, 6) is -0.783. The maximum atomic E-state index is 14.0. The predicted octanol–water partition coefficient (Wildman–Crippen LogP) is 4.41. The van der Waals surface area contributed by atoms with Crippen molar-refractivity contribution in [2.45, 2.75) is 43.6 Å². The number of alkyl halides is 2. The molecule has 2 N–H and O–H groups in total. The van der Waals surface area contributed by atoms with E-state index in [1.807, 2.05) is 0 Å². The predicted molar refractivity (Wildman–Crippen MR) is 128 cm³/mol. The van der Waals surface area contributed by atoms with E-state index in [9.17, 15) is 22.8 Å². The largest absolute Gasteiger partial charge is 0.349 e. The Kier molecular flexibility index (Phi) is 7.31. The van der Waals surface area contributed by atoms with Gasteiger partial charge in [0.15, 0.2) is 0 Å². The standard InChI is InChI=1S/C24H24ClF3N4O2.ClH/c25-14-7-17(20(21(27)28)30-9-14)22(33)31-16-4-1-13(2-5-16)10-32-19-8-15(26)3-6-18(19)24(23(32)34)11-29-12-24;/h3,6-9,13,16,21,29H,1-2,4-5,10-12H2,(H,31,33);1H. The molecule has 1 aliphatic carbocycles. The van der Waals surface area contributed by atoms with Gasteiger partial charge in [0.25, 0.3) is 12.3 Å². The number of fused-ring (bicyclic) bond motifs is 2. The summed E-state index contributed by atoms with van der Waals surface area (Å²) >= 11 is 5.85. The number of pyridine rings is 1. The molecule has 1 saturated carbocycles. The van der Waals surface area contributed by atoms with Crippen LogP contribution < -0.4 is 15.5 Å². The number of carbonyl (C=O) groups excluding carboxylic acids is 2. The molecule has 0 unspecified atom stereocenters. The molecule has 11 heteroatoms. The van der Waals surface area contributed by atoms with E-state index in [-0.39, 0.29) is 46.7 Å². The molecule has 1 aromatic carbocycles. The lowest BCUT2D eigenvalue weighted by molar-refractivity contribution is -0.125. The van der Waals surface area contributed by atoms with E-state index in [2.05, 4.69) is 15.6 Å². The molecule has 0 radical (unpaired) electrons. The number of halogens is 5. The third-order valence-electron chi connectivity index (χ3n) is 7.23. The molecule has 3 heterocycles. The van der Waals surface area contributed by atoms with Crippen molar-refractivity contribution in [3.63, 3.8) is 0 Å². The van der Waals surface area contributed by atoms with Crippen molar-refractivity contribution in [1.29, 1.82) is 0 Å². The molecule has 0 bridgehead atoms. The Morgan fingerprint density at radius 2 is 1.94 bits per heavy atom. The van der Waals surface area contributed by atoms with Crippen molar-refractivity contribution in [3.05, 3.63) is 58.1 Å². The van der Waals surface area contributed by atoms with Gasteiger partial charge in [-0.05, 0) is 55.4 Å². The van der Waals surface area contributed by atoms with Crippen molar-refractivity contribution < 1.29 is 22.8 Å². The molecule has 5 rings (SSSR count). The molecular formula is C24H25Cl2F3N4O2. The Hall–Kier alpha value is -2.36. The number of carbonyl (C=O) groups is 2. The Labute approximate surface area is 212 Å². The summed E-state index contributed by atoms with van der Waals surface area (Å²) in [4.78, 5) is 31.2. The summed E-state index contributed by atoms with van der Waals surface area (Å²) in [6.45, 7) is 1.60. The minimum atomic E-state index is -2.88. The van der Waals surface area contributed by atoms with Crippen LogP contribution in [0.2, 0.25) is 5.02 Å². The summed E-state index contributed by atoms with van der Waals surface area (Å²) < 4.78 is 40.5. The quantitative estimate of drug-likeness (QED) is 0.602. The fourth-order valence-electron chi connectivity index (χ4n) is 5.33. The first-order valence-electron chi connectivity index (χ1n) is 11.4. The van der Waals surface area contributed by atoms with Crippen LogP contribution in [0.15, 0.2) is 30.5 Å². The van der Waals surface area contributed by atoms with Crippen molar-refractivity contribution in [1.82, 2.24) is 15.6 Å². The van der Waals surface area contributed by atoms with Crippen LogP contribution in [0.3, 0.4) is 0 Å². The molecule has 1 saturated heterocycles. The van der Waals surface area contributed by atoms with Gasteiger partial charge in [-0.15, -0.1) is 12.4 Å². The number of aromatic nitrogens is 1. The molecule has 2 aromatic rings. The fraction of sp³-hybridized carbons (Fsp3) is 0.458. The van der Waals surface area contributed by atoms with Crippen LogP contribution in [0.1, 0.15) is 53.7 Å². The fourth-order valence-corrected chi connectivity index (χ4v) is 5.49. The Balaban J connectivity index is 0.00000289. The summed E-state index contributed by atoms with van der Waals surface area (Å²) in [6, 6.07) is 5.59. The second kappa shape index (κ2) is 9.95. The smallest absolute Gasteiger partial charge is 0.281 e. The van der Waals surface area contributed by atoms with Gasteiger partial charge in [0.05, 0.1) is 16.3 Å². The van der Waals surface area contributed by atoms with Gasteiger partial charge in [0.1, 0.15) is 16.9 Å². The van der Waals surface area contributed by atoms with E-state index < -0.39 is 23.4 Å². The van der Waals surface area contributed by atoms with Crippen LogP contribution in [0.25, 0.3) is 0 Å². The van der Waals surface area contributed by atoms with E-state index in [4.69, 9.17) is 11.6 Å². The Morgan fingerprint density at radius 3 is 2.57 bits per heavy atom. The average molecular weight is 529 g/mol. The molecule has 2 amide bonds. The Bertz CT molecular complexity index is 1140. The first kappa shape index (κ1) is 25.7. The molecule has 3 aliphatic rings. The molecule has 188 valence electrons. The molecule has 2 fully saturated rings. The zero-order valence-corrected chi connectivity index (χ0v) is 20.3. The van der Waals surface area contributed by atoms with Gasteiger partial charge in [0, 0.05) is 31.9 Å². The number of amides is 2. The lowest BCUT2D eigenvalue weighted by Crippen LogP contribution is -2.62. The number of hydrogen-bond donors (Lipinski definition) is 2. The van der Waals surface area contributed by atoms with Gasteiger partial charge in [-0.3, -0.25) is 14.6 Å². The van der Waals surface area contributed by atoms with E-state index in [0.29, 0.717) is 38.2 Å². The van der Waals surface area contributed by atoms with Gasteiger partial charge in [0.2, 0.25) is 5.91 Å². The van der Waals surface area contributed by atoms with Gasteiger partial charge >= 0.3 is 0 Å². The highest BCUT2D eigenvalue weighted by Crippen LogP contribution is 2.45. The molecular weight excluding hydrogens is 504 g/mol. The monoisotopic (exact) mass is 528 g/mol. The van der Waals surface area contributed by atoms with Crippen LogP contribution in [-0.4, -0.2) is 42.5 Å². The van der Waals surface area contributed by atoms with Crippen LogP contribution in [0, 0.1) is 11.7 Å². The highest BCUT2D eigenvalue weighted by atomic mass is 35.5. The van der Waals surface area contributed by atoms with Gasteiger partial charge in [-0.25, -0.2) is 13.2 Å². The number of nitrogens with one attached hydrogen (secondary N) is 2. The van der Waals surface area contributed by atoms with Gasteiger partial charge in [-0.2, -0.15) is 0 Å². The van der Waals surface area contributed by atoms with Crippen LogP contribution in [0.4, 0.5) is 18.9 Å². The number of benzene rings is 1. The van der Waals surface area contributed by atoms with E-state index in [1.54, 1.807) is 11.0 Å². The number of rotatable bonds is 5. The summed E-state index contributed by atoms with van der Waals surface area (Å²) in [7, 11) is 0. The highest BCUT2D eigenvalue weighted by Gasteiger charge is 2.55. The van der Waals surface area contributed by atoms with E-state index in [1.165, 1.54) is 18.2 Å². The topological polar surface area (TPSA) is 74.3 Å². The lowest BCUT2D eigenvalue weighted by Gasteiger charge is -2.38. The lowest BCUT2D eigenvalue weighted by atomic mass is 9.76. The molecule has 1 aromatic heterocycles. The minimum absolute atomic E-state index is 0. The molecule has 1 spiro atoms. The van der Waals surface area contributed by atoms with Crippen molar-refractivity contribution in [3.8, 4) is 0 Å². The summed E-state index contributed by atoms with van der Waals surface area (Å²) in [5.41, 5.74) is 0.124. The zero-order valence-electron chi connectivity index (χ0n) is 18.7. The van der Waals surface area contributed by atoms with Crippen molar-refractivity contribution >= 4 is 41.5 Å². The van der Waals surface area contributed by atoms with Crippen molar-refractivity contribution in [2.75, 3.05) is 24.5 Å². The van der Waals surface area contributed by atoms with Crippen molar-refractivity contribution in [2.24, 2.45) is 5.92 Å². The summed E-state index contributed by atoms with van der Waals surface area (Å²) in [5, 5.41) is 6.11. The minimum Gasteiger partial charge on any atom is -0.349 e. The molecule has 2 aliphatic heterocycles. The first-order chi connectivity index (χ1) is 16.3. The highest BCUT2D eigenvalue weighted by molar-refractivity contribution is 6.30. The SMILES string of the molecule is Cl.O=C(NC1CCC(CN2C(=O)C3(CNC3)c3ccc(F)cc32)CC1)c1cc(Cl)cnc1C(F)F. The second-order valence-corrected chi connectivity index (χ2v) is 9.78. The van der Waals surface area contributed by atoms with E-state index in [0.717, 1.165) is 24.6 Å². The van der Waals surface area contributed by atoms with Crippen LogP contribution in [0.5, 0.6) is 0 Å². The normalized spacial score (nSPS) is 22.5. The molecule has 6 nitrogen and oxygen atoms in total. The van der Waals surface area contributed by atoms with Crippen LogP contribution >= 0.6 is 24.0 Å². The van der Waals surface area contributed by atoms with E-state index >= 15 is 0 Å². The average Bonchev–Trinajstić information content (AvgIpc) is 3.02. The number of anilines is 1. The second-order valence-electron chi connectivity index (χ2n) is 9.34. The zero-order chi connectivity index (χ0) is 24.0. The van der Waals surface area contributed by atoms with Crippen LogP contribution in [-0.2, 0) is 10.2 Å². The third kappa shape index (κ3) is 4.61. The molecule has 35 heavy (non-hydrogen) atoms. The third-order valence-corrected chi connectivity index (χ3v) is 7.44. The maximum absolute atomic E-state index is 14.0. The molecule has 0 atom stereocenters. The first-order valence-corrected chi connectivity index (χ1v) is 11.7. The number of nitrogens with zero attached hydrogens (tertiary/aromatic N) is 2. The van der Waals surface area contributed by atoms with Gasteiger partial charge in [-0.1, -0.05) is 17.7 Å². The van der Waals surface area contributed by atoms with Gasteiger partial charge < -0.3 is 15.5 Å². The Morgan fingerprint density at radius 1 is 1.23 bits per heavy atom.